The monoisotopic (exact) mass is 272 g/mol. The molecule has 1 unspecified atom stereocenters. The second-order valence-electron chi connectivity index (χ2n) is 4.51. The smallest absolute Gasteiger partial charge is 0.127 e. The molecule has 0 aliphatic rings. The van der Waals surface area contributed by atoms with Gasteiger partial charge in [0.2, 0.25) is 0 Å². The lowest BCUT2D eigenvalue weighted by molar-refractivity contribution is 0.116. The van der Waals surface area contributed by atoms with Gasteiger partial charge in [-0.3, -0.25) is 0 Å². The number of benzene rings is 1. The molecule has 0 amide bonds. The number of hydrogen-bond donors (Lipinski definition) is 2. The Labute approximate surface area is 113 Å². The molecule has 1 aromatic rings. The normalized spacial score (nSPS) is 12.9. The predicted octanol–water partition coefficient (Wildman–Crippen LogP) is 1.76. The number of hydrogen-bond acceptors (Lipinski definition) is 3. The van der Waals surface area contributed by atoms with Crippen molar-refractivity contribution >= 4 is 0 Å². The van der Waals surface area contributed by atoms with Gasteiger partial charge >= 0.3 is 0 Å². The third-order valence-corrected chi connectivity index (χ3v) is 3.07. The van der Waals surface area contributed by atoms with Crippen LogP contribution in [-0.2, 0) is 6.54 Å². The van der Waals surface area contributed by atoms with Crippen LogP contribution in [0, 0.1) is 11.6 Å². The minimum atomic E-state index is -0.517. The Morgan fingerprint density at radius 2 is 1.95 bits per heavy atom. The topological polar surface area (TPSA) is 35.5 Å². The first-order valence-corrected chi connectivity index (χ1v) is 6.61. The Kier molecular flexibility index (Phi) is 6.91. The maximum Gasteiger partial charge on any atom is 0.127 e. The lowest BCUT2D eigenvalue weighted by Gasteiger charge is -2.22. The number of likely N-dealkylation sites (N-methyl/N-ethyl adjacent to an activating group) is 1. The first kappa shape index (κ1) is 16.0. The van der Waals surface area contributed by atoms with Crippen LogP contribution in [-0.4, -0.2) is 42.3 Å². The number of aliphatic hydroxyl groups excluding tert-OH is 1. The lowest BCUT2D eigenvalue weighted by atomic mass is 10.2. The van der Waals surface area contributed by atoms with Gasteiger partial charge in [-0.25, -0.2) is 8.78 Å². The summed E-state index contributed by atoms with van der Waals surface area (Å²) in [5, 5.41) is 12.8. The first-order chi connectivity index (χ1) is 9.06. The maximum absolute atomic E-state index is 13.3. The summed E-state index contributed by atoms with van der Waals surface area (Å²) in [4.78, 5) is 2.11. The SMILES string of the molecule is CCN(CC)CC(O)CNCc1cc(F)ccc1F. The molecular weight excluding hydrogens is 250 g/mol. The molecule has 0 spiro atoms. The van der Waals surface area contributed by atoms with Crippen LogP contribution >= 0.6 is 0 Å². The molecule has 0 saturated carbocycles. The highest BCUT2D eigenvalue weighted by atomic mass is 19.1. The number of nitrogens with zero attached hydrogens (tertiary/aromatic N) is 1. The van der Waals surface area contributed by atoms with Crippen LogP contribution in [0.3, 0.4) is 0 Å². The summed E-state index contributed by atoms with van der Waals surface area (Å²) in [7, 11) is 0. The van der Waals surface area contributed by atoms with Gasteiger partial charge in [-0.05, 0) is 31.3 Å². The molecule has 5 heteroatoms. The van der Waals surface area contributed by atoms with Crippen LogP contribution in [0.5, 0.6) is 0 Å². The van der Waals surface area contributed by atoms with E-state index in [4.69, 9.17) is 0 Å². The summed E-state index contributed by atoms with van der Waals surface area (Å²) >= 11 is 0. The fraction of sp³-hybridized carbons (Fsp3) is 0.571. The second kappa shape index (κ2) is 8.19. The molecule has 1 aromatic carbocycles. The molecule has 1 atom stereocenters. The highest BCUT2D eigenvalue weighted by molar-refractivity contribution is 5.18. The summed E-state index contributed by atoms with van der Waals surface area (Å²) in [6.45, 7) is 6.96. The van der Waals surface area contributed by atoms with Gasteiger partial charge in [0.05, 0.1) is 6.10 Å². The van der Waals surface area contributed by atoms with E-state index in [9.17, 15) is 13.9 Å². The quantitative estimate of drug-likeness (QED) is 0.757. The molecule has 0 fully saturated rings. The molecule has 0 radical (unpaired) electrons. The van der Waals surface area contributed by atoms with Crippen molar-refractivity contribution in [1.82, 2.24) is 10.2 Å². The highest BCUT2D eigenvalue weighted by Crippen LogP contribution is 2.09. The van der Waals surface area contributed by atoms with Crippen LogP contribution in [0.1, 0.15) is 19.4 Å². The molecule has 0 aliphatic heterocycles. The Hall–Kier alpha value is -1.04. The van der Waals surface area contributed by atoms with E-state index in [2.05, 4.69) is 10.2 Å². The zero-order chi connectivity index (χ0) is 14.3. The van der Waals surface area contributed by atoms with Crippen LogP contribution < -0.4 is 5.32 Å². The van der Waals surface area contributed by atoms with E-state index in [1.807, 2.05) is 13.8 Å². The number of halogens is 2. The fourth-order valence-electron chi connectivity index (χ4n) is 1.90. The van der Waals surface area contributed by atoms with Crippen LogP contribution in [0.15, 0.2) is 18.2 Å². The Morgan fingerprint density at radius 3 is 2.58 bits per heavy atom. The van der Waals surface area contributed by atoms with Gasteiger partial charge < -0.3 is 15.3 Å². The average molecular weight is 272 g/mol. The average Bonchev–Trinajstić information content (AvgIpc) is 2.40. The van der Waals surface area contributed by atoms with E-state index in [0.29, 0.717) is 13.1 Å². The first-order valence-electron chi connectivity index (χ1n) is 6.61. The van der Waals surface area contributed by atoms with Gasteiger partial charge in [0.15, 0.2) is 0 Å². The van der Waals surface area contributed by atoms with Crippen molar-refractivity contribution in [1.29, 1.82) is 0 Å². The van der Waals surface area contributed by atoms with Crippen molar-refractivity contribution in [3.05, 3.63) is 35.4 Å². The molecule has 108 valence electrons. The Bertz CT molecular complexity index is 384. The third kappa shape index (κ3) is 5.63. The molecule has 3 nitrogen and oxygen atoms in total. The summed E-state index contributed by atoms with van der Waals surface area (Å²) in [5.74, 6) is -0.894. The Morgan fingerprint density at radius 1 is 1.26 bits per heavy atom. The summed E-state index contributed by atoms with van der Waals surface area (Å²) in [6, 6.07) is 3.37. The molecule has 0 bridgehead atoms. The van der Waals surface area contributed by atoms with Crippen molar-refractivity contribution < 1.29 is 13.9 Å². The number of nitrogens with one attached hydrogen (secondary N) is 1. The fourth-order valence-corrected chi connectivity index (χ4v) is 1.90. The minimum absolute atomic E-state index is 0.207. The van der Waals surface area contributed by atoms with E-state index >= 15 is 0 Å². The van der Waals surface area contributed by atoms with Gasteiger partial charge in [-0.1, -0.05) is 13.8 Å². The van der Waals surface area contributed by atoms with E-state index in [1.165, 1.54) is 6.07 Å². The van der Waals surface area contributed by atoms with Crippen LogP contribution in [0.2, 0.25) is 0 Å². The van der Waals surface area contributed by atoms with Crippen LogP contribution in [0.25, 0.3) is 0 Å². The van der Waals surface area contributed by atoms with E-state index in [1.54, 1.807) is 0 Å². The molecule has 0 aliphatic carbocycles. The van der Waals surface area contributed by atoms with Gasteiger partial charge in [-0.15, -0.1) is 0 Å². The van der Waals surface area contributed by atoms with Gasteiger partial charge in [0.25, 0.3) is 0 Å². The number of rotatable bonds is 8. The molecule has 0 heterocycles. The van der Waals surface area contributed by atoms with Crippen LogP contribution in [0.4, 0.5) is 8.78 Å². The van der Waals surface area contributed by atoms with E-state index in [-0.39, 0.29) is 12.1 Å². The minimum Gasteiger partial charge on any atom is -0.390 e. The van der Waals surface area contributed by atoms with Crippen molar-refractivity contribution in [3.8, 4) is 0 Å². The second-order valence-corrected chi connectivity index (χ2v) is 4.51. The zero-order valence-electron chi connectivity index (χ0n) is 11.5. The van der Waals surface area contributed by atoms with E-state index < -0.39 is 17.7 Å². The van der Waals surface area contributed by atoms with Crippen molar-refractivity contribution in [2.24, 2.45) is 0 Å². The summed E-state index contributed by atoms with van der Waals surface area (Å²) in [6.07, 6.45) is -0.517. The lowest BCUT2D eigenvalue weighted by Crippen LogP contribution is -2.38. The van der Waals surface area contributed by atoms with Gasteiger partial charge in [-0.2, -0.15) is 0 Å². The zero-order valence-corrected chi connectivity index (χ0v) is 11.5. The summed E-state index contributed by atoms with van der Waals surface area (Å²) < 4.78 is 26.3. The molecule has 1 rings (SSSR count). The molecule has 0 saturated heterocycles. The van der Waals surface area contributed by atoms with Gasteiger partial charge in [0, 0.05) is 25.2 Å². The predicted molar refractivity (Wildman–Crippen MR) is 71.9 cm³/mol. The standard InChI is InChI=1S/C14H22F2N2O/c1-3-18(4-2)10-13(19)9-17-8-11-7-12(15)5-6-14(11)16/h5-7,13,17,19H,3-4,8-10H2,1-2H3. The van der Waals surface area contributed by atoms with Gasteiger partial charge in [0.1, 0.15) is 11.6 Å². The molecule has 19 heavy (non-hydrogen) atoms. The molecule has 2 N–H and O–H groups in total. The summed E-state index contributed by atoms with van der Waals surface area (Å²) in [5.41, 5.74) is 0.273. The molecule has 0 aromatic heterocycles. The largest absolute Gasteiger partial charge is 0.390 e. The third-order valence-electron chi connectivity index (χ3n) is 3.07. The Balaban J connectivity index is 2.35. The highest BCUT2D eigenvalue weighted by Gasteiger charge is 2.09. The maximum atomic E-state index is 13.3. The van der Waals surface area contributed by atoms with Crippen molar-refractivity contribution in [2.75, 3.05) is 26.2 Å². The van der Waals surface area contributed by atoms with Crippen molar-refractivity contribution in [2.45, 2.75) is 26.5 Å². The van der Waals surface area contributed by atoms with Crippen molar-refractivity contribution in [3.63, 3.8) is 0 Å². The molecular formula is C14H22F2N2O. The van der Waals surface area contributed by atoms with E-state index in [0.717, 1.165) is 25.2 Å². The number of aliphatic hydroxyl groups is 1.